The molecule has 0 aromatic carbocycles. The topological polar surface area (TPSA) is 112 Å². The van der Waals surface area contributed by atoms with E-state index in [2.05, 4.69) is 0 Å². The molecular formula is C31H42O7. The predicted molar refractivity (Wildman–Crippen MR) is 140 cm³/mol. The minimum atomic E-state index is -1.12. The lowest BCUT2D eigenvalue weighted by Crippen LogP contribution is -2.59. The van der Waals surface area contributed by atoms with Crippen molar-refractivity contribution in [2.45, 2.75) is 93.4 Å². The van der Waals surface area contributed by atoms with E-state index in [9.17, 15) is 28.8 Å². The van der Waals surface area contributed by atoms with Gasteiger partial charge in [0.25, 0.3) is 0 Å². The van der Waals surface area contributed by atoms with Gasteiger partial charge in [0.1, 0.15) is 17.3 Å². The third kappa shape index (κ3) is 3.74. The third-order valence-electron chi connectivity index (χ3n) is 11.3. The van der Waals surface area contributed by atoms with E-state index in [-0.39, 0.29) is 78.8 Å². The number of Topliss-reactive ketones (excluding diaryl/α,β-unsaturated/α-hetero) is 5. The van der Waals surface area contributed by atoms with E-state index in [0.29, 0.717) is 24.0 Å². The van der Waals surface area contributed by atoms with Gasteiger partial charge in [0, 0.05) is 60.5 Å². The molecule has 0 aromatic rings. The van der Waals surface area contributed by atoms with E-state index in [1.165, 1.54) is 7.11 Å². The van der Waals surface area contributed by atoms with Crippen molar-refractivity contribution >= 4 is 34.9 Å². The minimum absolute atomic E-state index is 0.0474. The van der Waals surface area contributed by atoms with Crippen LogP contribution in [-0.4, -0.2) is 42.0 Å². The molecule has 4 aliphatic rings. The van der Waals surface area contributed by atoms with Crippen LogP contribution < -0.4 is 0 Å². The van der Waals surface area contributed by atoms with Crippen molar-refractivity contribution in [3.05, 3.63) is 11.1 Å². The van der Waals surface area contributed by atoms with Crippen LogP contribution in [-0.2, 0) is 33.5 Å². The fraction of sp³-hybridized carbons (Fsp3) is 0.742. The van der Waals surface area contributed by atoms with Gasteiger partial charge in [0.15, 0.2) is 11.6 Å². The number of methoxy groups -OCH3 is 1. The largest absolute Gasteiger partial charge is 0.469 e. The summed E-state index contributed by atoms with van der Waals surface area (Å²) >= 11 is 0. The van der Waals surface area contributed by atoms with E-state index in [4.69, 9.17) is 4.74 Å². The molecule has 0 radical (unpaired) electrons. The highest BCUT2D eigenvalue weighted by molar-refractivity contribution is 6.16. The number of ether oxygens (including phenoxy) is 1. The first-order valence-electron chi connectivity index (χ1n) is 13.9. The van der Waals surface area contributed by atoms with E-state index in [1.54, 1.807) is 6.92 Å². The molecule has 208 valence electrons. The Morgan fingerprint density at radius 2 is 1.53 bits per heavy atom. The highest BCUT2D eigenvalue weighted by Crippen LogP contribution is 2.69. The zero-order chi connectivity index (χ0) is 28.6. The summed E-state index contributed by atoms with van der Waals surface area (Å²) in [4.78, 5) is 79.3. The van der Waals surface area contributed by atoms with E-state index >= 15 is 0 Å². The van der Waals surface area contributed by atoms with Gasteiger partial charge in [0.2, 0.25) is 0 Å². The summed E-state index contributed by atoms with van der Waals surface area (Å²) in [6.45, 7) is 13.1. The van der Waals surface area contributed by atoms with Crippen LogP contribution in [0.15, 0.2) is 11.1 Å². The smallest absolute Gasteiger partial charge is 0.308 e. The minimum Gasteiger partial charge on any atom is -0.469 e. The molecule has 1 unspecified atom stereocenters. The lowest BCUT2D eigenvalue weighted by atomic mass is 9.43. The lowest BCUT2D eigenvalue weighted by Gasteiger charge is -2.58. The Labute approximate surface area is 225 Å². The maximum absolute atomic E-state index is 14.0. The Kier molecular flexibility index (Phi) is 6.81. The Hall–Kier alpha value is -2.44. The number of fused-ring (bicyclic) bond motifs is 4. The van der Waals surface area contributed by atoms with Gasteiger partial charge < -0.3 is 4.74 Å². The monoisotopic (exact) mass is 526 g/mol. The molecule has 2 fully saturated rings. The predicted octanol–water partition coefficient (Wildman–Crippen LogP) is 4.64. The lowest BCUT2D eigenvalue weighted by molar-refractivity contribution is -0.147. The molecule has 7 heteroatoms. The van der Waals surface area contributed by atoms with Crippen LogP contribution in [0.25, 0.3) is 0 Å². The summed E-state index contributed by atoms with van der Waals surface area (Å²) in [7, 11) is 1.29. The van der Waals surface area contributed by atoms with Gasteiger partial charge in [-0.1, -0.05) is 41.5 Å². The molecule has 0 aromatic heterocycles. The highest BCUT2D eigenvalue weighted by Gasteiger charge is 2.70. The summed E-state index contributed by atoms with van der Waals surface area (Å²) in [5, 5.41) is 0. The standard InChI is InChI=1S/C31H42O7/c1-16(11-18(32)12-17(2)27(37)38-8)19-13-24(36)31(7)26-20(33)14-22-28(3,4)23(35)9-10-29(22,5)25(26)21(34)15-30(19,31)6/h16-17,19,22H,9-15H2,1-8H3/t16-,17?,19-,22+,29+,30-,31+/m1/s1. The van der Waals surface area contributed by atoms with E-state index in [1.807, 2.05) is 41.5 Å². The normalized spacial score (nSPS) is 37.8. The van der Waals surface area contributed by atoms with Gasteiger partial charge in [-0.15, -0.1) is 0 Å². The number of allylic oxidation sites excluding steroid dienone is 2. The second-order valence-electron chi connectivity index (χ2n) is 13.7. The SMILES string of the molecule is COC(=O)C(C)CC(=O)C[C@@H](C)[C@H]1CC(=O)[C@@]2(C)C3=C(C(=O)C[C@]12C)[C@@]1(C)CCC(=O)C(C)(C)[C@@H]1CC3=O. The van der Waals surface area contributed by atoms with Crippen LogP contribution >= 0.6 is 0 Å². The molecule has 38 heavy (non-hydrogen) atoms. The van der Waals surface area contributed by atoms with Crippen molar-refractivity contribution in [1.82, 2.24) is 0 Å². The van der Waals surface area contributed by atoms with Gasteiger partial charge in [-0.25, -0.2) is 0 Å². The second-order valence-corrected chi connectivity index (χ2v) is 13.7. The Balaban J connectivity index is 1.73. The van der Waals surface area contributed by atoms with Crippen LogP contribution in [0.5, 0.6) is 0 Å². The van der Waals surface area contributed by atoms with Crippen LogP contribution in [0.1, 0.15) is 93.4 Å². The number of hydrogen-bond acceptors (Lipinski definition) is 7. The number of carbonyl (C=O) groups is 6. The first-order valence-corrected chi connectivity index (χ1v) is 13.9. The van der Waals surface area contributed by atoms with Crippen molar-refractivity contribution in [1.29, 1.82) is 0 Å². The third-order valence-corrected chi connectivity index (χ3v) is 11.3. The quantitative estimate of drug-likeness (QED) is 0.464. The van der Waals surface area contributed by atoms with Crippen molar-refractivity contribution in [2.75, 3.05) is 7.11 Å². The summed E-state index contributed by atoms with van der Waals surface area (Å²) in [6.07, 6.45) is 1.61. The van der Waals surface area contributed by atoms with Gasteiger partial charge in [0.05, 0.1) is 18.4 Å². The van der Waals surface area contributed by atoms with Crippen molar-refractivity contribution < 1.29 is 33.5 Å². The van der Waals surface area contributed by atoms with E-state index < -0.39 is 33.5 Å². The van der Waals surface area contributed by atoms with Gasteiger partial charge in [-0.3, -0.25) is 28.8 Å². The summed E-state index contributed by atoms with van der Waals surface area (Å²) in [5.74, 6) is -2.00. The van der Waals surface area contributed by atoms with Crippen molar-refractivity contribution in [3.8, 4) is 0 Å². The second kappa shape index (κ2) is 9.06. The van der Waals surface area contributed by atoms with E-state index in [0.717, 1.165) is 0 Å². The molecule has 0 amide bonds. The average Bonchev–Trinajstić information content (AvgIpc) is 3.03. The molecule has 0 saturated heterocycles. The van der Waals surface area contributed by atoms with Gasteiger partial charge >= 0.3 is 5.97 Å². The molecule has 0 N–H and O–H groups in total. The molecule has 4 aliphatic carbocycles. The van der Waals surface area contributed by atoms with Crippen molar-refractivity contribution in [2.24, 2.45) is 45.3 Å². The molecule has 2 saturated carbocycles. The first-order chi connectivity index (χ1) is 17.5. The fourth-order valence-corrected chi connectivity index (χ4v) is 8.85. The zero-order valence-electron chi connectivity index (χ0n) is 24.1. The molecule has 7 atom stereocenters. The Morgan fingerprint density at radius 3 is 2.13 bits per heavy atom. The number of ketones is 5. The molecule has 0 spiro atoms. The zero-order valence-corrected chi connectivity index (χ0v) is 24.1. The molecule has 0 heterocycles. The van der Waals surface area contributed by atoms with Gasteiger partial charge in [-0.05, 0) is 36.5 Å². The van der Waals surface area contributed by atoms with Crippen LogP contribution in [0, 0.1) is 45.3 Å². The number of rotatable bonds is 6. The molecular weight excluding hydrogens is 484 g/mol. The summed E-state index contributed by atoms with van der Waals surface area (Å²) in [5.41, 5.74) is -2.40. The number of hydrogen-bond donors (Lipinski definition) is 0. The Bertz CT molecular complexity index is 1170. The van der Waals surface area contributed by atoms with Crippen LogP contribution in [0.3, 0.4) is 0 Å². The fourth-order valence-electron chi connectivity index (χ4n) is 8.85. The van der Waals surface area contributed by atoms with Crippen LogP contribution in [0.4, 0.5) is 0 Å². The van der Waals surface area contributed by atoms with Crippen LogP contribution in [0.2, 0.25) is 0 Å². The highest BCUT2D eigenvalue weighted by atomic mass is 16.5. The molecule has 0 bridgehead atoms. The summed E-state index contributed by atoms with van der Waals surface area (Å²) in [6, 6.07) is 0. The Morgan fingerprint density at radius 1 is 0.895 bits per heavy atom. The maximum Gasteiger partial charge on any atom is 0.308 e. The molecule has 7 nitrogen and oxygen atoms in total. The average molecular weight is 527 g/mol. The molecule has 4 rings (SSSR count). The van der Waals surface area contributed by atoms with Crippen molar-refractivity contribution in [3.63, 3.8) is 0 Å². The molecule has 0 aliphatic heterocycles. The summed E-state index contributed by atoms with van der Waals surface area (Å²) < 4.78 is 4.74. The first kappa shape index (κ1) is 28.6. The maximum atomic E-state index is 14.0. The number of carbonyl (C=O) groups excluding carboxylic acids is 6. The number of esters is 1. The van der Waals surface area contributed by atoms with Gasteiger partial charge in [-0.2, -0.15) is 0 Å².